The van der Waals surface area contributed by atoms with Crippen molar-refractivity contribution in [1.82, 2.24) is 15.1 Å². The molecule has 2 heterocycles. The number of aliphatic imine (C=N–C) groups is 1. The maximum atomic E-state index is 13.0. The monoisotopic (exact) mass is 582 g/mol. The van der Waals surface area contributed by atoms with E-state index in [1.54, 1.807) is 24.3 Å². The first-order chi connectivity index (χ1) is 19.9. The number of hydrogen-bond acceptors (Lipinski definition) is 5. The zero-order valence-electron chi connectivity index (χ0n) is 24.7. The van der Waals surface area contributed by atoms with Crippen LogP contribution in [0.5, 0.6) is 0 Å². The molecule has 3 aliphatic rings. The largest absolute Gasteiger partial charge is 0.372 e. The molecular weight excluding hydrogens is 541 g/mol. The highest BCUT2D eigenvalue weighted by molar-refractivity contribution is 5.91. The highest BCUT2D eigenvalue weighted by Gasteiger charge is 2.26. The van der Waals surface area contributed by atoms with E-state index in [2.05, 4.69) is 36.9 Å². The van der Waals surface area contributed by atoms with Crippen molar-refractivity contribution in [3.05, 3.63) is 84.1 Å². The number of benzene rings is 2. The minimum absolute atomic E-state index is 0.177. The van der Waals surface area contributed by atoms with Crippen molar-refractivity contribution in [1.29, 1.82) is 0 Å². The molecule has 226 valence electrons. The van der Waals surface area contributed by atoms with Gasteiger partial charge in [-0.3, -0.25) is 5.32 Å². The van der Waals surface area contributed by atoms with Gasteiger partial charge in [-0.1, -0.05) is 18.7 Å². The summed E-state index contributed by atoms with van der Waals surface area (Å²) >= 11 is 0. The van der Waals surface area contributed by atoms with Gasteiger partial charge >= 0.3 is 6.03 Å². The lowest BCUT2D eigenvalue weighted by Crippen LogP contribution is -2.45. The number of nitrogens with one attached hydrogen (secondary N) is 2. The fraction of sp³-hybridized carbons (Fsp3) is 0.438. The third-order valence-electron chi connectivity index (χ3n) is 7.40. The van der Waals surface area contributed by atoms with Crippen LogP contribution in [0.4, 0.5) is 29.3 Å². The third-order valence-corrected chi connectivity index (χ3v) is 7.40. The molecule has 2 N–H and O–H groups in total. The first-order valence-corrected chi connectivity index (χ1v) is 14.4. The number of nitrogens with zero attached hydrogens (tertiary/aromatic N) is 4. The molecule has 42 heavy (non-hydrogen) atoms. The van der Waals surface area contributed by atoms with Crippen molar-refractivity contribution < 1.29 is 18.0 Å². The Hall–Kier alpha value is -3.95. The molecule has 1 saturated carbocycles. The summed E-state index contributed by atoms with van der Waals surface area (Å²) in [5.41, 5.74) is 3.29. The summed E-state index contributed by atoms with van der Waals surface area (Å²) < 4.78 is 38.8. The Morgan fingerprint density at radius 3 is 2.21 bits per heavy atom. The Morgan fingerprint density at radius 1 is 1.02 bits per heavy atom. The number of amidine groups is 1. The summed E-state index contributed by atoms with van der Waals surface area (Å²) in [6.07, 6.45) is 4.14. The number of urea groups is 1. The molecule has 1 saturated heterocycles. The first-order valence-electron chi connectivity index (χ1n) is 14.4. The fourth-order valence-corrected chi connectivity index (χ4v) is 4.86. The predicted octanol–water partition coefficient (Wildman–Crippen LogP) is 6.47. The number of allylic oxidation sites excluding steroid dienone is 1. The second-order valence-corrected chi connectivity index (χ2v) is 11.3. The molecule has 2 fully saturated rings. The molecule has 0 unspecified atom stereocenters. The smallest absolute Gasteiger partial charge is 0.324 e. The number of alkyl halides is 2. The summed E-state index contributed by atoms with van der Waals surface area (Å²) in [7, 11) is 0. The minimum atomic E-state index is -2.75. The van der Waals surface area contributed by atoms with Crippen LogP contribution in [-0.4, -0.2) is 66.9 Å². The highest BCUT2D eigenvalue weighted by atomic mass is 19.3. The number of carbonyl (C=O) groups is 1. The number of carbonyl (C=O) groups excluding carboxylic acids is 1. The van der Waals surface area contributed by atoms with Crippen LogP contribution < -0.4 is 15.5 Å². The van der Waals surface area contributed by atoms with E-state index in [1.807, 2.05) is 32.1 Å². The molecule has 0 bridgehead atoms. The molecule has 2 amide bonds. The standard InChI is InChI=1S/C19H24F2N4O.C13H17FN2/c1-13-22-17(9-10-25(13)12-15-3-4-15)24-18(26)23-16-7-5-14(6-8-16)11-19(2,20)21;1-11(2)15-7-9-16(10-8-15)13-5-3-12(14)4-6-13/h5-9,15H,3-4,10-12H2,1-2H3,(H2,23,24,26);3-6H,1,7-10H2,2H3. The van der Waals surface area contributed by atoms with Crippen molar-refractivity contribution in [3.8, 4) is 0 Å². The molecule has 0 spiro atoms. The minimum Gasteiger partial charge on any atom is -0.372 e. The SMILES string of the molecule is C=C(C)N1CCN(c2ccc(F)cc2)CC1.CC1=NC(NC(=O)Nc2ccc(CC(C)(F)F)cc2)=CCN1CC1CC1. The topological polar surface area (TPSA) is 63.2 Å². The first kappa shape index (κ1) is 31.0. The van der Waals surface area contributed by atoms with Crippen LogP contribution in [0, 0.1) is 11.7 Å². The van der Waals surface area contributed by atoms with Crippen molar-refractivity contribution in [3.63, 3.8) is 0 Å². The summed E-state index contributed by atoms with van der Waals surface area (Å²) in [5, 5.41) is 5.40. The normalized spacial score (nSPS) is 17.0. The van der Waals surface area contributed by atoms with Gasteiger partial charge < -0.3 is 20.0 Å². The summed E-state index contributed by atoms with van der Waals surface area (Å²) in [6, 6.07) is 12.7. The van der Waals surface area contributed by atoms with Gasteiger partial charge in [0.15, 0.2) is 0 Å². The van der Waals surface area contributed by atoms with E-state index < -0.39 is 12.0 Å². The van der Waals surface area contributed by atoms with Crippen LogP contribution >= 0.6 is 0 Å². The lowest BCUT2D eigenvalue weighted by molar-refractivity contribution is 0.0226. The maximum absolute atomic E-state index is 13.0. The molecule has 1 aliphatic carbocycles. The average molecular weight is 583 g/mol. The van der Waals surface area contributed by atoms with Gasteiger partial charge in [0.1, 0.15) is 17.5 Å². The lowest BCUT2D eigenvalue weighted by Gasteiger charge is -2.37. The van der Waals surface area contributed by atoms with E-state index in [1.165, 1.54) is 25.0 Å². The molecular formula is C32H41F3N6O. The van der Waals surface area contributed by atoms with E-state index >= 15 is 0 Å². The Morgan fingerprint density at radius 2 is 1.67 bits per heavy atom. The van der Waals surface area contributed by atoms with Crippen LogP contribution in [-0.2, 0) is 6.42 Å². The van der Waals surface area contributed by atoms with Gasteiger partial charge in [-0.25, -0.2) is 23.0 Å². The maximum Gasteiger partial charge on any atom is 0.324 e. The van der Waals surface area contributed by atoms with Crippen molar-refractivity contribution in [2.24, 2.45) is 10.9 Å². The van der Waals surface area contributed by atoms with E-state index in [9.17, 15) is 18.0 Å². The number of rotatable bonds is 8. The van der Waals surface area contributed by atoms with Gasteiger partial charge in [-0.15, -0.1) is 0 Å². The van der Waals surface area contributed by atoms with Gasteiger partial charge in [0.05, 0.1) is 0 Å². The molecule has 10 heteroatoms. The van der Waals surface area contributed by atoms with Crippen LogP contribution in [0.25, 0.3) is 0 Å². The predicted molar refractivity (Wildman–Crippen MR) is 163 cm³/mol. The Bertz CT molecular complexity index is 1270. The molecule has 2 aromatic rings. The Labute approximate surface area is 246 Å². The molecule has 0 atom stereocenters. The van der Waals surface area contributed by atoms with E-state index in [0.29, 0.717) is 17.1 Å². The average Bonchev–Trinajstić information content (AvgIpc) is 3.76. The number of anilines is 2. The van der Waals surface area contributed by atoms with Gasteiger partial charge in [-0.05, 0) is 87.6 Å². The summed E-state index contributed by atoms with van der Waals surface area (Å²) in [5.74, 6) is -0.719. The number of amides is 2. The summed E-state index contributed by atoms with van der Waals surface area (Å²) in [4.78, 5) is 23.3. The number of piperazine rings is 1. The number of hydrogen-bond donors (Lipinski definition) is 2. The Balaban J connectivity index is 0.000000216. The van der Waals surface area contributed by atoms with Crippen LogP contribution in [0.1, 0.15) is 39.2 Å². The number of halogens is 3. The van der Waals surface area contributed by atoms with Crippen LogP contribution in [0.3, 0.4) is 0 Å². The molecule has 0 radical (unpaired) electrons. The highest BCUT2D eigenvalue weighted by Crippen LogP contribution is 2.30. The molecule has 7 nitrogen and oxygen atoms in total. The van der Waals surface area contributed by atoms with Gasteiger partial charge in [0, 0.05) is 62.8 Å². The Kier molecular flexibility index (Phi) is 10.2. The third kappa shape index (κ3) is 9.85. The van der Waals surface area contributed by atoms with Crippen molar-refractivity contribution >= 4 is 23.2 Å². The second kappa shape index (κ2) is 13.8. The van der Waals surface area contributed by atoms with E-state index in [4.69, 9.17) is 0 Å². The van der Waals surface area contributed by atoms with Crippen molar-refractivity contribution in [2.75, 3.05) is 49.5 Å². The van der Waals surface area contributed by atoms with E-state index in [0.717, 1.165) is 69.3 Å². The lowest BCUT2D eigenvalue weighted by atomic mass is 10.1. The van der Waals surface area contributed by atoms with Gasteiger partial charge in [-0.2, -0.15) is 0 Å². The van der Waals surface area contributed by atoms with Gasteiger partial charge in [0.25, 0.3) is 0 Å². The van der Waals surface area contributed by atoms with Crippen LogP contribution in [0.15, 0.2) is 77.7 Å². The quantitative estimate of drug-likeness (QED) is 0.375. The zero-order valence-corrected chi connectivity index (χ0v) is 24.7. The molecule has 5 rings (SSSR count). The van der Waals surface area contributed by atoms with E-state index in [-0.39, 0.29) is 12.2 Å². The summed E-state index contributed by atoms with van der Waals surface area (Å²) in [6.45, 7) is 14.5. The van der Waals surface area contributed by atoms with Crippen molar-refractivity contribution in [2.45, 2.75) is 46.0 Å². The fourth-order valence-electron chi connectivity index (χ4n) is 4.86. The molecule has 2 aromatic carbocycles. The molecule has 2 aliphatic heterocycles. The van der Waals surface area contributed by atoms with Gasteiger partial charge in [0.2, 0.25) is 5.92 Å². The second-order valence-electron chi connectivity index (χ2n) is 11.3. The molecule has 0 aromatic heterocycles. The van der Waals surface area contributed by atoms with Crippen LogP contribution in [0.2, 0.25) is 0 Å². The zero-order chi connectivity index (χ0) is 30.3.